The van der Waals surface area contributed by atoms with Crippen LogP contribution in [0.4, 0.5) is 4.79 Å². The van der Waals surface area contributed by atoms with Gasteiger partial charge < -0.3 is 20.6 Å². The molecule has 0 bridgehead atoms. The van der Waals surface area contributed by atoms with Gasteiger partial charge in [0.25, 0.3) is 0 Å². The Morgan fingerprint density at radius 2 is 1.80 bits per heavy atom. The van der Waals surface area contributed by atoms with Crippen LogP contribution in [0.15, 0.2) is 0 Å². The predicted octanol–water partition coefficient (Wildman–Crippen LogP) is 0.161. The number of likely N-dealkylation sites (tertiary alicyclic amines) is 1. The number of amides is 3. The standard InChI is InChI=1S/C13H21N3O4/c1-14-10(17)9-3-7-16(8-4-9)12(20)15-13(11(18)19)5-2-6-13/h9H,2-8H2,1H3,(H,14,17)(H,15,20)(H,18,19). The first-order valence-corrected chi connectivity index (χ1v) is 7.00. The number of nitrogens with zero attached hydrogens (tertiary/aromatic N) is 1. The molecule has 7 nitrogen and oxygen atoms in total. The van der Waals surface area contributed by atoms with Gasteiger partial charge in [-0.2, -0.15) is 0 Å². The normalized spacial score (nSPS) is 21.8. The first-order chi connectivity index (χ1) is 9.48. The smallest absolute Gasteiger partial charge is 0.329 e. The number of carboxylic acid groups (broad SMARTS) is 1. The molecule has 7 heteroatoms. The van der Waals surface area contributed by atoms with Crippen LogP contribution in [0.25, 0.3) is 0 Å². The molecule has 1 aliphatic carbocycles. The topological polar surface area (TPSA) is 98.7 Å². The van der Waals surface area contributed by atoms with E-state index >= 15 is 0 Å². The number of hydrogen-bond donors (Lipinski definition) is 3. The van der Waals surface area contributed by atoms with Crippen LogP contribution in [0.5, 0.6) is 0 Å². The maximum Gasteiger partial charge on any atom is 0.329 e. The van der Waals surface area contributed by atoms with E-state index in [9.17, 15) is 19.5 Å². The summed E-state index contributed by atoms with van der Waals surface area (Å²) in [5.41, 5.74) is -1.07. The lowest BCUT2D eigenvalue weighted by atomic mass is 9.77. The Kier molecular flexibility index (Phi) is 4.15. The van der Waals surface area contributed by atoms with Crippen LogP contribution in [0.3, 0.4) is 0 Å². The van der Waals surface area contributed by atoms with Crippen LogP contribution < -0.4 is 10.6 Å². The molecule has 0 radical (unpaired) electrons. The number of carboxylic acids is 1. The lowest BCUT2D eigenvalue weighted by Gasteiger charge is -2.40. The molecule has 1 saturated heterocycles. The zero-order valence-electron chi connectivity index (χ0n) is 11.6. The number of aliphatic carboxylic acids is 1. The molecule has 20 heavy (non-hydrogen) atoms. The van der Waals surface area contributed by atoms with Crippen LogP contribution in [0.2, 0.25) is 0 Å². The van der Waals surface area contributed by atoms with Gasteiger partial charge in [-0.05, 0) is 32.1 Å². The van der Waals surface area contributed by atoms with Crippen molar-refractivity contribution in [1.29, 1.82) is 0 Å². The monoisotopic (exact) mass is 283 g/mol. The third kappa shape index (κ3) is 2.71. The molecule has 2 rings (SSSR count). The van der Waals surface area contributed by atoms with E-state index < -0.39 is 11.5 Å². The Hall–Kier alpha value is -1.79. The molecule has 0 aromatic heterocycles. The van der Waals surface area contributed by atoms with Gasteiger partial charge in [0.2, 0.25) is 5.91 Å². The molecule has 112 valence electrons. The fourth-order valence-corrected chi connectivity index (χ4v) is 2.76. The third-order valence-corrected chi connectivity index (χ3v) is 4.36. The van der Waals surface area contributed by atoms with E-state index in [0.29, 0.717) is 38.8 Å². The molecule has 0 aromatic carbocycles. The van der Waals surface area contributed by atoms with Crippen molar-refractivity contribution in [3.05, 3.63) is 0 Å². The summed E-state index contributed by atoms with van der Waals surface area (Å²) >= 11 is 0. The highest BCUT2D eigenvalue weighted by Crippen LogP contribution is 2.32. The van der Waals surface area contributed by atoms with Crippen molar-refractivity contribution in [3.8, 4) is 0 Å². The van der Waals surface area contributed by atoms with Crippen molar-refractivity contribution in [2.24, 2.45) is 5.92 Å². The zero-order valence-corrected chi connectivity index (χ0v) is 11.6. The molecular formula is C13H21N3O4. The Morgan fingerprint density at radius 1 is 1.20 bits per heavy atom. The van der Waals surface area contributed by atoms with E-state index in [2.05, 4.69) is 10.6 Å². The highest BCUT2D eigenvalue weighted by molar-refractivity contribution is 5.87. The summed E-state index contributed by atoms with van der Waals surface area (Å²) in [5.74, 6) is -1.01. The fraction of sp³-hybridized carbons (Fsp3) is 0.769. The van der Waals surface area contributed by atoms with Gasteiger partial charge in [-0.15, -0.1) is 0 Å². The molecule has 0 spiro atoms. The van der Waals surface area contributed by atoms with Crippen molar-refractivity contribution in [2.75, 3.05) is 20.1 Å². The van der Waals surface area contributed by atoms with Gasteiger partial charge in [0, 0.05) is 26.1 Å². The van der Waals surface area contributed by atoms with Crippen molar-refractivity contribution >= 4 is 17.9 Å². The summed E-state index contributed by atoms with van der Waals surface area (Å²) < 4.78 is 0. The molecule has 0 unspecified atom stereocenters. The van der Waals surface area contributed by atoms with Crippen LogP contribution >= 0.6 is 0 Å². The third-order valence-electron chi connectivity index (χ3n) is 4.36. The van der Waals surface area contributed by atoms with Crippen LogP contribution in [0, 0.1) is 5.92 Å². The van der Waals surface area contributed by atoms with E-state index in [-0.39, 0.29) is 17.9 Å². The van der Waals surface area contributed by atoms with Crippen molar-refractivity contribution in [2.45, 2.75) is 37.6 Å². The average molecular weight is 283 g/mol. The lowest BCUT2D eigenvalue weighted by Crippen LogP contribution is -2.62. The van der Waals surface area contributed by atoms with E-state index in [1.165, 1.54) is 0 Å². The Balaban J connectivity index is 1.86. The predicted molar refractivity (Wildman–Crippen MR) is 71.1 cm³/mol. The number of carbonyl (C=O) groups excluding carboxylic acids is 2. The lowest BCUT2D eigenvalue weighted by molar-refractivity contribution is -0.148. The minimum Gasteiger partial charge on any atom is -0.480 e. The molecule has 1 saturated carbocycles. The maximum atomic E-state index is 12.1. The molecule has 1 heterocycles. The van der Waals surface area contributed by atoms with Gasteiger partial charge in [0.05, 0.1) is 0 Å². The molecular weight excluding hydrogens is 262 g/mol. The second-order valence-electron chi connectivity index (χ2n) is 5.55. The summed E-state index contributed by atoms with van der Waals surface area (Å²) in [6, 6.07) is -0.331. The minimum absolute atomic E-state index is 0.00561. The van der Waals surface area contributed by atoms with E-state index in [4.69, 9.17) is 0 Å². The SMILES string of the molecule is CNC(=O)C1CCN(C(=O)NC2(C(=O)O)CCC2)CC1. The zero-order chi connectivity index (χ0) is 14.8. The van der Waals surface area contributed by atoms with Gasteiger partial charge in [-0.3, -0.25) is 4.79 Å². The van der Waals surface area contributed by atoms with Gasteiger partial charge >= 0.3 is 12.0 Å². The first kappa shape index (κ1) is 14.6. The second kappa shape index (κ2) is 5.68. The van der Waals surface area contributed by atoms with E-state index in [0.717, 1.165) is 6.42 Å². The number of carbonyl (C=O) groups is 3. The number of piperidine rings is 1. The van der Waals surface area contributed by atoms with Gasteiger partial charge in [-0.1, -0.05) is 0 Å². The molecule has 1 aliphatic heterocycles. The summed E-state index contributed by atoms with van der Waals surface area (Å²) in [6.07, 6.45) is 3.04. The summed E-state index contributed by atoms with van der Waals surface area (Å²) in [7, 11) is 1.61. The van der Waals surface area contributed by atoms with Gasteiger partial charge in [0.15, 0.2) is 0 Å². The molecule has 3 amide bonds. The molecule has 0 atom stereocenters. The van der Waals surface area contributed by atoms with Crippen LogP contribution in [0.1, 0.15) is 32.1 Å². The highest BCUT2D eigenvalue weighted by Gasteiger charge is 2.46. The average Bonchev–Trinajstić information content (AvgIpc) is 2.41. The Morgan fingerprint density at radius 3 is 2.20 bits per heavy atom. The number of urea groups is 1. The van der Waals surface area contributed by atoms with Crippen LogP contribution in [-0.2, 0) is 9.59 Å². The number of rotatable bonds is 3. The second-order valence-corrected chi connectivity index (χ2v) is 5.55. The Bertz CT molecular complexity index is 412. The molecule has 3 N–H and O–H groups in total. The fourth-order valence-electron chi connectivity index (χ4n) is 2.76. The van der Waals surface area contributed by atoms with E-state index in [1.54, 1.807) is 11.9 Å². The minimum atomic E-state index is -1.07. The van der Waals surface area contributed by atoms with Crippen LogP contribution in [-0.4, -0.2) is 53.6 Å². The van der Waals surface area contributed by atoms with Gasteiger partial charge in [0.1, 0.15) is 5.54 Å². The summed E-state index contributed by atoms with van der Waals surface area (Å²) in [6.45, 7) is 0.971. The largest absolute Gasteiger partial charge is 0.480 e. The van der Waals surface area contributed by atoms with Gasteiger partial charge in [-0.25, -0.2) is 9.59 Å². The Labute approximate surface area is 117 Å². The number of hydrogen-bond acceptors (Lipinski definition) is 3. The molecule has 2 aliphatic rings. The summed E-state index contributed by atoms with van der Waals surface area (Å²) in [5, 5.41) is 14.5. The van der Waals surface area contributed by atoms with Crippen molar-refractivity contribution in [3.63, 3.8) is 0 Å². The maximum absolute atomic E-state index is 12.1. The first-order valence-electron chi connectivity index (χ1n) is 7.00. The molecule has 0 aromatic rings. The molecule has 2 fully saturated rings. The highest BCUT2D eigenvalue weighted by atomic mass is 16.4. The quantitative estimate of drug-likeness (QED) is 0.687. The number of nitrogens with one attached hydrogen (secondary N) is 2. The van der Waals surface area contributed by atoms with Crippen molar-refractivity contribution < 1.29 is 19.5 Å². The van der Waals surface area contributed by atoms with E-state index in [1.807, 2.05) is 0 Å². The summed E-state index contributed by atoms with van der Waals surface area (Å²) in [4.78, 5) is 36.4. The van der Waals surface area contributed by atoms with Crippen molar-refractivity contribution in [1.82, 2.24) is 15.5 Å².